The molecule has 0 aliphatic carbocycles. The molecule has 0 spiro atoms. The van der Waals surface area contributed by atoms with Crippen molar-refractivity contribution in [3.63, 3.8) is 0 Å². The summed E-state index contributed by atoms with van der Waals surface area (Å²) in [6, 6.07) is 5.44. The molecule has 0 saturated carbocycles. The van der Waals surface area contributed by atoms with Gasteiger partial charge in [-0.05, 0) is 36.2 Å². The molecule has 0 aliphatic rings. The number of halogens is 1. The van der Waals surface area contributed by atoms with Gasteiger partial charge in [0.25, 0.3) is 5.91 Å². The number of nitrogens with two attached hydrogens (primary N) is 1. The van der Waals surface area contributed by atoms with Crippen LogP contribution in [0.1, 0.15) is 28.7 Å². The average molecular weight is 355 g/mol. The van der Waals surface area contributed by atoms with Crippen LogP contribution in [-0.4, -0.2) is 22.5 Å². The maximum atomic E-state index is 12.5. The van der Waals surface area contributed by atoms with Gasteiger partial charge in [0.1, 0.15) is 4.88 Å². The fraction of sp³-hybridized carbons (Fsp3) is 0.308. The molecule has 0 fully saturated rings. The molecule has 0 bridgehead atoms. The first-order valence-corrected chi connectivity index (χ1v) is 7.75. The van der Waals surface area contributed by atoms with E-state index < -0.39 is 0 Å². The maximum absolute atomic E-state index is 12.5. The summed E-state index contributed by atoms with van der Waals surface area (Å²) in [7, 11) is 1.71. The highest BCUT2D eigenvalue weighted by molar-refractivity contribution is 9.10. The van der Waals surface area contributed by atoms with Gasteiger partial charge >= 0.3 is 0 Å². The Hall–Kier alpha value is -1.47. The summed E-state index contributed by atoms with van der Waals surface area (Å²) in [5, 5.41) is 4.02. The summed E-state index contributed by atoms with van der Waals surface area (Å²) in [6.07, 6.45) is 1.68. The van der Waals surface area contributed by atoms with E-state index in [0.29, 0.717) is 16.3 Å². The number of anilines is 2. The van der Waals surface area contributed by atoms with Crippen molar-refractivity contribution in [2.24, 2.45) is 0 Å². The summed E-state index contributed by atoms with van der Waals surface area (Å²) in [5.74, 6) is -0.127. The molecular weight excluding hydrogens is 340 g/mol. The minimum Gasteiger partial charge on any atom is -0.397 e. The van der Waals surface area contributed by atoms with Gasteiger partial charge in [0.05, 0.1) is 17.1 Å². The molecule has 0 aliphatic heterocycles. The van der Waals surface area contributed by atoms with E-state index in [9.17, 15) is 4.79 Å². The number of nitrogen functional groups attached to an aromatic ring is 1. The van der Waals surface area contributed by atoms with Crippen LogP contribution < -0.4 is 10.6 Å². The third-order valence-electron chi connectivity index (χ3n) is 2.89. The van der Waals surface area contributed by atoms with Gasteiger partial charge in [0.2, 0.25) is 0 Å². The second kappa shape index (κ2) is 6.32. The number of amides is 1. The number of rotatable bonds is 4. The number of hydrogen-bond donors (Lipinski definition) is 1. The summed E-state index contributed by atoms with van der Waals surface area (Å²) in [4.78, 5) is 14.6. The third-order valence-corrected chi connectivity index (χ3v) is 4.14. The lowest BCUT2D eigenvalue weighted by Crippen LogP contribution is -2.27. The van der Waals surface area contributed by atoms with Gasteiger partial charge < -0.3 is 10.6 Å². The predicted octanol–water partition coefficient (Wildman–Crippen LogP) is 3.11. The highest BCUT2D eigenvalue weighted by Gasteiger charge is 2.21. The maximum Gasteiger partial charge on any atom is 0.271 e. The zero-order valence-corrected chi connectivity index (χ0v) is 13.7. The molecular formula is C13H15BrN4OS. The molecule has 1 aromatic heterocycles. The number of aryl methyl sites for hydroxylation is 1. The summed E-state index contributed by atoms with van der Waals surface area (Å²) in [6.45, 7) is 2.05. The Morgan fingerprint density at radius 3 is 2.90 bits per heavy atom. The summed E-state index contributed by atoms with van der Waals surface area (Å²) in [5.41, 5.74) is 7.93. The zero-order chi connectivity index (χ0) is 14.7. The lowest BCUT2D eigenvalue weighted by atomic mass is 10.2. The van der Waals surface area contributed by atoms with Crippen molar-refractivity contribution in [3.05, 3.63) is 33.2 Å². The fourth-order valence-corrected chi connectivity index (χ4v) is 2.93. The number of benzene rings is 1. The molecule has 1 aromatic carbocycles. The topological polar surface area (TPSA) is 72.1 Å². The van der Waals surface area contributed by atoms with Crippen LogP contribution in [-0.2, 0) is 6.42 Å². The van der Waals surface area contributed by atoms with Gasteiger partial charge in [0, 0.05) is 11.5 Å². The molecule has 1 amide bonds. The van der Waals surface area contributed by atoms with Crippen molar-refractivity contribution >= 4 is 44.7 Å². The monoisotopic (exact) mass is 354 g/mol. The van der Waals surface area contributed by atoms with E-state index in [-0.39, 0.29) is 5.91 Å². The smallest absolute Gasteiger partial charge is 0.271 e. The van der Waals surface area contributed by atoms with Gasteiger partial charge in [-0.3, -0.25) is 4.79 Å². The van der Waals surface area contributed by atoms with Crippen LogP contribution in [0.2, 0.25) is 0 Å². The van der Waals surface area contributed by atoms with Crippen molar-refractivity contribution in [2.75, 3.05) is 17.7 Å². The molecule has 1 heterocycles. The van der Waals surface area contributed by atoms with Crippen LogP contribution in [0.3, 0.4) is 0 Å². The number of aromatic nitrogens is 2. The zero-order valence-electron chi connectivity index (χ0n) is 11.3. The molecule has 7 heteroatoms. The Morgan fingerprint density at radius 1 is 1.50 bits per heavy atom. The Balaban J connectivity index is 2.30. The number of hydrogen-bond acceptors (Lipinski definition) is 5. The van der Waals surface area contributed by atoms with E-state index in [0.717, 1.165) is 34.5 Å². The Labute approximate surface area is 130 Å². The van der Waals surface area contributed by atoms with Gasteiger partial charge in [-0.15, -0.1) is 5.10 Å². The number of carbonyl (C=O) groups is 1. The lowest BCUT2D eigenvalue weighted by molar-refractivity contribution is 0.0996. The molecule has 0 unspecified atom stereocenters. The minimum atomic E-state index is -0.127. The van der Waals surface area contributed by atoms with Crippen molar-refractivity contribution in [2.45, 2.75) is 19.8 Å². The van der Waals surface area contributed by atoms with Gasteiger partial charge in [-0.1, -0.05) is 33.8 Å². The van der Waals surface area contributed by atoms with Crippen LogP contribution in [0, 0.1) is 0 Å². The van der Waals surface area contributed by atoms with Gasteiger partial charge in [-0.2, -0.15) is 0 Å². The van der Waals surface area contributed by atoms with E-state index in [2.05, 4.69) is 25.5 Å². The first-order chi connectivity index (χ1) is 9.54. The van der Waals surface area contributed by atoms with Crippen molar-refractivity contribution < 1.29 is 4.79 Å². The predicted molar refractivity (Wildman–Crippen MR) is 85.2 cm³/mol. The van der Waals surface area contributed by atoms with Crippen molar-refractivity contribution in [1.29, 1.82) is 0 Å². The molecule has 106 valence electrons. The molecule has 2 N–H and O–H groups in total. The van der Waals surface area contributed by atoms with Crippen molar-refractivity contribution in [3.8, 4) is 0 Å². The van der Waals surface area contributed by atoms with E-state index >= 15 is 0 Å². The van der Waals surface area contributed by atoms with Crippen LogP contribution in [0.5, 0.6) is 0 Å². The lowest BCUT2D eigenvalue weighted by Gasteiger charge is -2.18. The quantitative estimate of drug-likeness (QED) is 0.856. The van der Waals surface area contributed by atoms with Crippen LogP contribution in [0.4, 0.5) is 11.4 Å². The van der Waals surface area contributed by atoms with E-state index in [1.165, 1.54) is 4.90 Å². The molecule has 2 aromatic rings. The highest BCUT2D eigenvalue weighted by atomic mass is 79.9. The van der Waals surface area contributed by atoms with Gasteiger partial charge in [0.15, 0.2) is 0 Å². The van der Waals surface area contributed by atoms with Crippen LogP contribution >= 0.6 is 27.5 Å². The first-order valence-electron chi connectivity index (χ1n) is 6.19. The normalized spacial score (nSPS) is 10.6. The van der Waals surface area contributed by atoms with Crippen LogP contribution in [0.25, 0.3) is 0 Å². The fourth-order valence-electron chi connectivity index (χ4n) is 1.86. The number of nitrogens with zero attached hydrogens (tertiary/aromatic N) is 3. The second-order valence-electron chi connectivity index (χ2n) is 4.37. The minimum absolute atomic E-state index is 0.127. The Morgan fingerprint density at radius 2 is 2.25 bits per heavy atom. The average Bonchev–Trinajstić information content (AvgIpc) is 2.86. The molecule has 0 radical (unpaired) electrons. The number of carbonyl (C=O) groups excluding carboxylic acids is 1. The molecule has 5 nitrogen and oxygen atoms in total. The van der Waals surface area contributed by atoms with Crippen molar-refractivity contribution in [1.82, 2.24) is 9.59 Å². The summed E-state index contributed by atoms with van der Waals surface area (Å²) < 4.78 is 4.76. The second-order valence-corrected chi connectivity index (χ2v) is 6.04. The largest absolute Gasteiger partial charge is 0.397 e. The summed E-state index contributed by atoms with van der Waals surface area (Å²) >= 11 is 4.48. The Kier molecular flexibility index (Phi) is 4.72. The van der Waals surface area contributed by atoms with E-state index in [1.54, 1.807) is 13.1 Å². The van der Waals surface area contributed by atoms with E-state index in [1.807, 2.05) is 19.1 Å². The standard InChI is InChI=1S/C13H15BrN4OS/c1-3-4-10-12(20-17-16-10)13(19)18(2)11-6-5-8(14)7-9(11)15/h5-7H,3-4,15H2,1-2H3. The molecule has 20 heavy (non-hydrogen) atoms. The molecule has 2 rings (SSSR count). The first kappa shape index (κ1) is 14.9. The Bertz CT molecular complexity index is 629. The SMILES string of the molecule is CCCc1nnsc1C(=O)N(C)c1ccc(Br)cc1N. The van der Waals surface area contributed by atoms with Crippen LogP contribution in [0.15, 0.2) is 22.7 Å². The van der Waals surface area contributed by atoms with Gasteiger partial charge in [-0.25, -0.2) is 0 Å². The molecule has 0 saturated heterocycles. The molecule has 0 atom stereocenters. The third kappa shape index (κ3) is 2.99. The highest BCUT2D eigenvalue weighted by Crippen LogP contribution is 2.28. The van der Waals surface area contributed by atoms with E-state index in [4.69, 9.17) is 5.73 Å².